The summed E-state index contributed by atoms with van der Waals surface area (Å²) in [4.78, 5) is 5.07. The summed E-state index contributed by atoms with van der Waals surface area (Å²) >= 11 is 0. The van der Waals surface area contributed by atoms with Gasteiger partial charge in [-0.2, -0.15) is 0 Å². The van der Waals surface area contributed by atoms with E-state index in [2.05, 4.69) is 19.0 Å². The summed E-state index contributed by atoms with van der Waals surface area (Å²) in [6.07, 6.45) is 5.63. The smallest absolute Gasteiger partial charge is 0.132 e. The van der Waals surface area contributed by atoms with Crippen molar-refractivity contribution in [1.29, 1.82) is 0 Å². The van der Waals surface area contributed by atoms with Crippen molar-refractivity contribution < 1.29 is 4.84 Å². The van der Waals surface area contributed by atoms with Crippen molar-refractivity contribution in [2.45, 2.75) is 39.2 Å². The normalized spacial score (nSPS) is 23.7. The van der Waals surface area contributed by atoms with E-state index in [0.29, 0.717) is 6.10 Å². The van der Waals surface area contributed by atoms with E-state index < -0.39 is 0 Å². The van der Waals surface area contributed by atoms with Crippen LogP contribution in [-0.2, 0) is 4.84 Å². The molecule has 58 valence electrons. The molecular weight excluding hydrogens is 126 g/mol. The lowest BCUT2D eigenvalue weighted by atomic mass is 10.0. The van der Waals surface area contributed by atoms with Gasteiger partial charge in [-0.3, -0.25) is 0 Å². The molecule has 0 fully saturated rings. The number of hydrogen-bond acceptors (Lipinski definition) is 2. The van der Waals surface area contributed by atoms with Gasteiger partial charge in [-0.25, -0.2) is 0 Å². The Morgan fingerprint density at radius 2 is 2.50 bits per heavy atom. The number of rotatable bonds is 3. The first-order chi connectivity index (χ1) is 4.79. The fraction of sp³-hybridized carbons (Fsp3) is 0.875. The zero-order chi connectivity index (χ0) is 7.40. The van der Waals surface area contributed by atoms with E-state index >= 15 is 0 Å². The number of nitrogens with zero attached hydrogens (tertiary/aromatic N) is 1. The van der Waals surface area contributed by atoms with Gasteiger partial charge in [0, 0.05) is 12.6 Å². The van der Waals surface area contributed by atoms with Crippen molar-refractivity contribution >= 4 is 6.21 Å². The van der Waals surface area contributed by atoms with E-state index in [-0.39, 0.29) is 0 Å². The molecule has 2 nitrogen and oxygen atoms in total. The molecule has 1 aliphatic heterocycles. The quantitative estimate of drug-likeness (QED) is 0.590. The van der Waals surface area contributed by atoms with Crippen molar-refractivity contribution in [3.63, 3.8) is 0 Å². The lowest BCUT2D eigenvalue weighted by molar-refractivity contribution is 0.0750. The molecule has 0 radical (unpaired) electrons. The Bertz CT molecular complexity index is 112. The van der Waals surface area contributed by atoms with Crippen LogP contribution in [0.3, 0.4) is 0 Å². The molecule has 0 bridgehead atoms. The van der Waals surface area contributed by atoms with Crippen LogP contribution in [0.2, 0.25) is 0 Å². The molecule has 0 aliphatic carbocycles. The van der Waals surface area contributed by atoms with Crippen LogP contribution in [0.25, 0.3) is 0 Å². The van der Waals surface area contributed by atoms with Gasteiger partial charge < -0.3 is 4.84 Å². The van der Waals surface area contributed by atoms with Crippen LogP contribution >= 0.6 is 0 Å². The molecule has 1 atom stereocenters. The van der Waals surface area contributed by atoms with Gasteiger partial charge in [0.15, 0.2) is 0 Å². The molecule has 1 rings (SSSR count). The summed E-state index contributed by atoms with van der Waals surface area (Å²) in [5.74, 6) is 0.782. The van der Waals surface area contributed by atoms with Gasteiger partial charge in [0.05, 0.1) is 0 Å². The maximum absolute atomic E-state index is 5.07. The molecule has 10 heavy (non-hydrogen) atoms. The zero-order valence-corrected chi connectivity index (χ0v) is 6.71. The third-order valence-corrected chi connectivity index (χ3v) is 1.72. The fourth-order valence-corrected chi connectivity index (χ4v) is 1.02. The number of hydrogen-bond donors (Lipinski definition) is 0. The molecule has 1 heterocycles. The topological polar surface area (TPSA) is 21.6 Å². The Labute approximate surface area is 62.3 Å². The minimum atomic E-state index is 0.377. The summed E-state index contributed by atoms with van der Waals surface area (Å²) in [6, 6.07) is 0. The molecular formula is C8H15NO. The Kier molecular flexibility index (Phi) is 2.72. The predicted octanol–water partition coefficient (Wildman–Crippen LogP) is 2.20. The Morgan fingerprint density at radius 1 is 1.70 bits per heavy atom. The van der Waals surface area contributed by atoms with E-state index in [1.165, 1.54) is 6.42 Å². The number of oxime groups is 1. The summed E-state index contributed by atoms with van der Waals surface area (Å²) in [5, 5.41) is 3.72. The lowest BCUT2D eigenvalue weighted by Gasteiger charge is -2.08. The standard InChI is InChI=1S/C8H15NO/c1-7(2)3-4-8-5-6-9-10-8/h6-8H,3-5H2,1-2H3. The minimum Gasteiger partial charge on any atom is -0.392 e. The summed E-state index contributed by atoms with van der Waals surface area (Å²) in [5.41, 5.74) is 0. The Hall–Kier alpha value is -0.530. The van der Waals surface area contributed by atoms with Crippen molar-refractivity contribution in [2.75, 3.05) is 0 Å². The summed E-state index contributed by atoms with van der Waals surface area (Å²) in [7, 11) is 0. The first kappa shape index (κ1) is 7.58. The van der Waals surface area contributed by atoms with Gasteiger partial charge in [0.2, 0.25) is 0 Å². The highest BCUT2D eigenvalue weighted by molar-refractivity contribution is 5.58. The van der Waals surface area contributed by atoms with Gasteiger partial charge in [-0.15, -0.1) is 0 Å². The largest absolute Gasteiger partial charge is 0.392 e. The van der Waals surface area contributed by atoms with E-state index in [0.717, 1.165) is 18.8 Å². The van der Waals surface area contributed by atoms with E-state index in [9.17, 15) is 0 Å². The van der Waals surface area contributed by atoms with Crippen molar-refractivity contribution in [3.8, 4) is 0 Å². The fourth-order valence-electron chi connectivity index (χ4n) is 1.02. The highest BCUT2D eigenvalue weighted by Gasteiger charge is 2.12. The molecule has 0 aromatic rings. The van der Waals surface area contributed by atoms with Crippen LogP contribution in [0.5, 0.6) is 0 Å². The molecule has 0 saturated heterocycles. The van der Waals surface area contributed by atoms with Gasteiger partial charge in [-0.05, 0) is 18.8 Å². The SMILES string of the molecule is CC(C)CCC1CC=NO1. The minimum absolute atomic E-state index is 0.377. The molecule has 0 aromatic carbocycles. The van der Waals surface area contributed by atoms with Crippen LogP contribution in [0.4, 0.5) is 0 Å². The van der Waals surface area contributed by atoms with Crippen LogP contribution in [0.1, 0.15) is 33.1 Å². The highest BCUT2D eigenvalue weighted by Crippen LogP contribution is 2.14. The van der Waals surface area contributed by atoms with Gasteiger partial charge >= 0.3 is 0 Å². The predicted molar refractivity (Wildman–Crippen MR) is 42.1 cm³/mol. The monoisotopic (exact) mass is 141 g/mol. The first-order valence-electron chi connectivity index (χ1n) is 3.96. The first-order valence-corrected chi connectivity index (χ1v) is 3.96. The molecule has 0 saturated carbocycles. The molecule has 1 aliphatic rings. The van der Waals surface area contributed by atoms with Crippen LogP contribution < -0.4 is 0 Å². The van der Waals surface area contributed by atoms with E-state index in [4.69, 9.17) is 4.84 Å². The van der Waals surface area contributed by atoms with Crippen LogP contribution in [0.15, 0.2) is 5.16 Å². The Balaban J connectivity index is 2.03. The molecule has 1 unspecified atom stereocenters. The van der Waals surface area contributed by atoms with Crippen LogP contribution in [0, 0.1) is 5.92 Å². The molecule has 0 aromatic heterocycles. The average molecular weight is 141 g/mol. The van der Waals surface area contributed by atoms with Gasteiger partial charge in [-0.1, -0.05) is 19.0 Å². The van der Waals surface area contributed by atoms with Crippen molar-refractivity contribution in [2.24, 2.45) is 11.1 Å². The van der Waals surface area contributed by atoms with E-state index in [1.54, 1.807) is 0 Å². The Morgan fingerprint density at radius 3 is 3.00 bits per heavy atom. The second-order valence-corrected chi connectivity index (χ2v) is 3.22. The average Bonchev–Trinajstić information content (AvgIpc) is 2.34. The highest BCUT2D eigenvalue weighted by atomic mass is 16.6. The molecule has 0 amide bonds. The maximum atomic E-state index is 5.07. The third kappa shape index (κ3) is 2.38. The summed E-state index contributed by atoms with van der Waals surface area (Å²) < 4.78 is 0. The van der Waals surface area contributed by atoms with Crippen molar-refractivity contribution in [3.05, 3.63) is 0 Å². The lowest BCUT2D eigenvalue weighted by Crippen LogP contribution is -2.06. The van der Waals surface area contributed by atoms with Crippen LogP contribution in [-0.4, -0.2) is 12.3 Å². The second kappa shape index (κ2) is 3.59. The van der Waals surface area contributed by atoms with Gasteiger partial charge in [0.25, 0.3) is 0 Å². The molecule has 0 spiro atoms. The zero-order valence-electron chi connectivity index (χ0n) is 6.71. The van der Waals surface area contributed by atoms with E-state index in [1.807, 2.05) is 6.21 Å². The third-order valence-electron chi connectivity index (χ3n) is 1.72. The second-order valence-electron chi connectivity index (χ2n) is 3.22. The maximum Gasteiger partial charge on any atom is 0.132 e. The van der Waals surface area contributed by atoms with Gasteiger partial charge in [0.1, 0.15) is 6.10 Å². The molecule has 2 heteroatoms. The van der Waals surface area contributed by atoms with Crippen molar-refractivity contribution in [1.82, 2.24) is 0 Å². The molecule has 0 N–H and O–H groups in total. The summed E-state index contributed by atoms with van der Waals surface area (Å²) in [6.45, 7) is 4.46.